The fourth-order valence-electron chi connectivity index (χ4n) is 0.992. The van der Waals surface area contributed by atoms with Crippen LogP contribution in [0.25, 0.3) is 5.76 Å². The Morgan fingerprint density at radius 1 is 1.62 bits per heavy atom. The lowest BCUT2D eigenvalue weighted by molar-refractivity contribution is 0.296. The van der Waals surface area contributed by atoms with Crippen LogP contribution in [0.5, 0.6) is 5.75 Å². The maximum absolute atomic E-state index is 12.8. The molecular weight excluding hydrogens is 171 g/mol. The molecular formula is C10H11FO2. The van der Waals surface area contributed by atoms with Crippen molar-refractivity contribution in [2.45, 2.75) is 6.92 Å². The number of halogens is 1. The maximum Gasteiger partial charge on any atom is 0.165 e. The average Bonchev–Trinajstić information content (AvgIpc) is 2.10. The van der Waals surface area contributed by atoms with Gasteiger partial charge in [-0.3, -0.25) is 0 Å². The highest BCUT2D eigenvalue weighted by molar-refractivity contribution is 5.63. The molecule has 0 unspecified atom stereocenters. The lowest BCUT2D eigenvalue weighted by Gasteiger charge is -2.08. The largest absolute Gasteiger partial charge is 0.504 e. The van der Waals surface area contributed by atoms with Crippen molar-refractivity contribution in [3.05, 3.63) is 36.2 Å². The molecule has 1 N–H and O–H groups in total. The molecule has 3 heteroatoms. The van der Waals surface area contributed by atoms with E-state index in [0.717, 1.165) is 0 Å². The van der Waals surface area contributed by atoms with Gasteiger partial charge >= 0.3 is 0 Å². The summed E-state index contributed by atoms with van der Waals surface area (Å²) in [5, 5.41) is 9.28. The van der Waals surface area contributed by atoms with Crippen LogP contribution in [0.2, 0.25) is 0 Å². The Kier molecular flexibility index (Phi) is 2.90. The Morgan fingerprint density at radius 3 is 2.92 bits per heavy atom. The van der Waals surface area contributed by atoms with Crippen molar-refractivity contribution in [3.8, 4) is 5.75 Å². The Labute approximate surface area is 76.3 Å². The van der Waals surface area contributed by atoms with E-state index in [4.69, 9.17) is 4.74 Å². The number of phenolic OH excluding ortho intramolecular Hbond substituents is 1. The molecule has 2 nitrogen and oxygen atoms in total. The van der Waals surface area contributed by atoms with Gasteiger partial charge in [-0.1, -0.05) is 12.6 Å². The monoisotopic (exact) mass is 182 g/mol. The smallest absolute Gasteiger partial charge is 0.165 e. The summed E-state index contributed by atoms with van der Waals surface area (Å²) in [5.74, 6) is -0.807. The first-order chi connectivity index (χ1) is 6.16. The molecule has 0 aliphatic heterocycles. The first-order valence-electron chi connectivity index (χ1n) is 3.96. The van der Waals surface area contributed by atoms with Crippen LogP contribution in [-0.4, -0.2) is 11.7 Å². The second-order valence-electron chi connectivity index (χ2n) is 2.49. The Morgan fingerprint density at radius 2 is 2.31 bits per heavy atom. The molecule has 0 aliphatic carbocycles. The van der Waals surface area contributed by atoms with E-state index in [0.29, 0.717) is 12.2 Å². The van der Waals surface area contributed by atoms with Crippen molar-refractivity contribution >= 4 is 5.76 Å². The van der Waals surface area contributed by atoms with E-state index >= 15 is 0 Å². The number of para-hydroxylation sites is 1. The number of hydrogen-bond donors (Lipinski definition) is 1. The zero-order chi connectivity index (χ0) is 9.84. The Balaban J connectivity index is 3.01. The van der Waals surface area contributed by atoms with Gasteiger partial charge in [0.2, 0.25) is 0 Å². The van der Waals surface area contributed by atoms with Gasteiger partial charge in [-0.2, -0.15) is 0 Å². The van der Waals surface area contributed by atoms with Gasteiger partial charge in [0.15, 0.2) is 11.6 Å². The van der Waals surface area contributed by atoms with Crippen LogP contribution in [0.3, 0.4) is 0 Å². The number of benzene rings is 1. The average molecular weight is 182 g/mol. The van der Waals surface area contributed by atoms with E-state index in [1.54, 1.807) is 13.0 Å². The van der Waals surface area contributed by atoms with E-state index in [9.17, 15) is 9.50 Å². The van der Waals surface area contributed by atoms with Gasteiger partial charge in [0, 0.05) is 0 Å². The second-order valence-corrected chi connectivity index (χ2v) is 2.49. The summed E-state index contributed by atoms with van der Waals surface area (Å²) < 4.78 is 17.9. The molecule has 0 bridgehead atoms. The first-order valence-corrected chi connectivity index (χ1v) is 3.96. The lowest BCUT2D eigenvalue weighted by Crippen LogP contribution is -1.91. The van der Waals surface area contributed by atoms with Crippen molar-refractivity contribution in [2.75, 3.05) is 6.61 Å². The summed E-state index contributed by atoms with van der Waals surface area (Å²) in [6.07, 6.45) is 0. The molecule has 13 heavy (non-hydrogen) atoms. The van der Waals surface area contributed by atoms with Gasteiger partial charge in [0.05, 0.1) is 12.2 Å². The molecule has 0 heterocycles. The quantitative estimate of drug-likeness (QED) is 0.728. The van der Waals surface area contributed by atoms with Crippen LogP contribution in [0.15, 0.2) is 24.8 Å². The third kappa shape index (κ3) is 1.99. The van der Waals surface area contributed by atoms with Crippen LogP contribution >= 0.6 is 0 Å². The second kappa shape index (κ2) is 3.94. The highest BCUT2D eigenvalue weighted by Crippen LogP contribution is 2.26. The highest BCUT2D eigenvalue weighted by atomic mass is 19.1. The normalized spacial score (nSPS) is 9.69. The zero-order valence-corrected chi connectivity index (χ0v) is 7.38. The Bertz CT molecular complexity index is 321. The van der Waals surface area contributed by atoms with E-state index in [-0.39, 0.29) is 5.76 Å². The zero-order valence-electron chi connectivity index (χ0n) is 7.38. The number of ether oxygens (including phenoxy) is 1. The fourth-order valence-corrected chi connectivity index (χ4v) is 0.992. The molecule has 70 valence electrons. The van der Waals surface area contributed by atoms with Crippen molar-refractivity contribution in [1.82, 2.24) is 0 Å². The molecule has 1 aromatic rings. The van der Waals surface area contributed by atoms with Gasteiger partial charge < -0.3 is 9.84 Å². The molecule has 1 aromatic carbocycles. The lowest BCUT2D eigenvalue weighted by atomic mass is 10.1. The molecule has 0 radical (unpaired) electrons. The molecule has 1 rings (SSSR count). The minimum absolute atomic E-state index is 0.277. The van der Waals surface area contributed by atoms with Crippen LogP contribution in [0, 0.1) is 5.82 Å². The van der Waals surface area contributed by atoms with E-state index in [1.807, 2.05) is 0 Å². The topological polar surface area (TPSA) is 29.5 Å². The molecule has 0 saturated carbocycles. The molecule has 0 aliphatic rings. The predicted molar refractivity (Wildman–Crippen MR) is 48.7 cm³/mol. The summed E-state index contributed by atoms with van der Waals surface area (Å²) in [6.45, 7) is 5.80. The molecule has 0 spiro atoms. The number of aromatic hydroxyl groups is 1. The minimum Gasteiger partial charge on any atom is -0.504 e. The van der Waals surface area contributed by atoms with Crippen molar-refractivity contribution in [3.63, 3.8) is 0 Å². The highest BCUT2D eigenvalue weighted by Gasteiger charge is 2.09. The molecule has 0 atom stereocenters. The van der Waals surface area contributed by atoms with Crippen LogP contribution in [0.1, 0.15) is 12.5 Å². The third-order valence-corrected chi connectivity index (χ3v) is 1.61. The van der Waals surface area contributed by atoms with Crippen molar-refractivity contribution in [2.24, 2.45) is 0 Å². The van der Waals surface area contributed by atoms with Crippen LogP contribution < -0.4 is 0 Å². The van der Waals surface area contributed by atoms with Crippen molar-refractivity contribution in [1.29, 1.82) is 0 Å². The summed E-state index contributed by atoms with van der Waals surface area (Å²) in [5.41, 5.74) is 0.293. The Hall–Kier alpha value is -1.51. The predicted octanol–water partition coefficient (Wildman–Crippen LogP) is 2.54. The summed E-state index contributed by atoms with van der Waals surface area (Å²) in [6, 6.07) is 4.23. The maximum atomic E-state index is 12.8. The van der Waals surface area contributed by atoms with E-state index in [2.05, 4.69) is 6.58 Å². The van der Waals surface area contributed by atoms with Gasteiger partial charge in [0.25, 0.3) is 0 Å². The first kappa shape index (κ1) is 9.58. The molecule has 0 amide bonds. The van der Waals surface area contributed by atoms with Crippen molar-refractivity contribution < 1.29 is 14.2 Å². The summed E-state index contributed by atoms with van der Waals surface area (Å²) in [7, 11) is 0. The fraction of sp³-hybridized carbons (Fsp3) is 0.200. The summed E-state index contributed by atoms with van der Waals surface area (Å²) in [4.78, 5) is 0. The van der Waals surface area contributed by atoms with E-state index in [1.165, 1.54) is 12.1 Å². The number of rotatable bonds is 3. The molecule has 0 fully saturated rings. The number of hydrogen-bond acceptors (Lipinski definition) is 2. The van der Waals surface area contributed by atoms with Crippen LogP contribution in [-0.2, 0) is 4.74 Å². The van der Waals surface area contributed by atoms with Gasteiger partial charge in [-0.05, 0) is 19.1 Å². The molecule has 0 saturated heterocycles. The van der Waals surface area contributed by atoms with Gasteiger partial charge in [0.1, 0.15) is 5.76 Å². The summed E-state index contributed by atoms with van der Waals surface area (Å²) >= 11 is 0. The minimum atomic E-state index is -0.668. The SMILES string of the molecule is C=C(OCC)c1cccc(F)c1O. The van der Waals surface area contributed by atoms with Gasteiger partial charge in [-0.25, -0.2) is 4.39 Å². The molecule has 0 aromatic heterocycles. The van der Waals surface area contributed by atoms with Crippen LogP contribution in [0.4, 0.5) is 4.39 Å². The standard InChI is InChI=1S/C10H11FO2/c1-3-13-7(2)8-5-4-6-9(11)10(8)12/h4-6,12H,2-3H2,1H3. The third-order valence-electron chi connectivity index (χ3n) is 1.61. The van der Waals surface area contributed by atoms with Gasteiger partial charge in [-0.15, -0.1) is 0 Å². The van der Waals surface area contributed by atoms with E-state index < -0.39 is 11.6 Å². The number of phenols is 1.